The number of rotatable bonds is 5. The molecule has 0 N–H and O–H groups in total. The molecule has 4 heteroatoms. The van der Waals surface area contributed by atoms with E-state index in [0.717, 1.165) is 50.1 Å². The van der Waals surface area contributed by atoms with E-state index >= 15 is 0 Å². The van der Waals surface area contributed by atoms with Crippen LogP contribution in [-0.2, 0) is 17.8 Å². The molecule has 0 radical (unpaired) electrons. The van der Waals surface area contributed by atoms with E-state index in [1.165, 1.54) is 11.1 Å². The number of hydrogen-bond acceptors (Lipinski definition) is 3. The molecule has 1 amide bonds. The van der Waals surface area contributed by atoms with Crippen LogP contribution in [0, 0.1) is 5.92 Å². The van der Waals surface area contributed by atoms with Gasteiger partial charge in [-0.3, -0.25) is 4.79 Å². The number of carbonyl (C=O) groups is 1. The van der Waals surface area contributed by atoms with E-state index in [1.54, 1.807) is 0 Å². The summed E-state index contributed by atoms with van der Waals surface area (Å²) in [7, 11) is 0. The van der Waals surface area contributed by atoms with E-state index in [1.807, 2.05) is 4.90 Å². The molecule has 2 heterocycles. The molecule has 0 saturated heterocycles. The van der Waals surface area contributed by atoms with E-state index in [2.05, 4.69) is 26.0 Å². The van der Waals surface area contributed by atoms with E-state index in [4.69, 9.17) is 9.47 Å². The molecule has 0 aromatic heterocycles. The van der Waals surface area contributed by atoms with Crippen LogP contribution in [0.5, 0.6) is 11.5 Å². The molecule has 1 aromatic carbocycles. The molecule has 2 aliphatic heterocycles. The summed E-state index contributed by atoms with van der Waals surface area (Å²) in [6.45, 7) is 6.13. The van der Waals surface area contributed by atoms with E-state index in [0.29, 0.717) is 19.2 Å². The molecule has 3 rings (SSSR count). The second kappa shape index (κ2) is 6.59. The van der Waals surface area contributed by atoms with Crippen LogP contribution < -0.4 is 9.47 Å². The van der Waals surface area contributed by atoms with Crippen LogP contribution in [0.15, 0.2) is 12.1 Å². The summed E-state index contributed by atoms with van der Waals surface area (Å²) in [6, 6.07) is 4.15. The Hall–Kier alpha value is -1.71. The van der Waals surface area contributed by atoms with Gasteiger partial charge < -0.3 is 14.4 Å². The first kappa shape index (κ1) is 15.2. The summed E-state index contributed by atoms with van der Waals surface area (Å²) in [4.78, 5) is 14.8. The maximum absolute atomic E-state index is 12.8. The van der Waals surface area contributed by atoms with Crippen LogP contribution in [0.25, 0.3) is 0 Å². The first-order valence-electron chi connectivity index (χ1n) is 8.43. The number of benzene rings is 1. The molecule has 1 aromatic rings. The van der Waals surface area contributed by atoms with Gasteiger partial charge in [0.25, 0.3) is 0 Å². The van der Waals surface area contributed by atoms with Crippen molar-refractivity contribution in [3.05, 3.63) is 23.3 Å². The number of fused-ring (bicyclic) bond motifs is 2. The lowest BCUT2D eigenvalue weighted by Crippen LogP contribution is -2.35. The lowest BCUT2D eigenvalue weighted by molar-refractivity contribution is -0.136. The standard InChI is InChI=1S/C18H25NO3/c1-3-5-6-13-8-14-9-16-17(22-12-21-16)10-15(14)11-19(7-4-2)18(13)20/h9-10,13H,3-8,11-12H2,1-2H3. The molecule has 2 aliphatic rings. The Morgan fingerprint density at radius 3 is 2.55 bits per heavy atom. The Bertz CT molecular complexity index is 556. The molecule has 0 spiro atoms. The predicted molar refractivity (Wildman–Crippen MR) is 85.0 cm³/mol. The third-order valence-corrected chi connectivity index (χ3v) is 4.58. The summed E-state index contributed by atoms with van der Waals surface area (Å²) < 4.78 is 11.0. The minimum absolute atomic E-state index is 0.105. The Balaban J connectivity index is 1.92. The molecule has 0 saturated carbocycles. The van der Waals surface area contributed by atoms with Crippen LogP contribution in [0.2, 0.25) is 0 Å². The van der Waals surface area contributed by atoms with Crippen molar-refractivity contribution in [1.29, 1.82) is 0 Å². The smallest absolute Gasteiger partial charge is 0.231 e. The second-order valence-corrected chi connectivity index (χ2v) is 6.28. The van der Waals surface area contributed by atoms with Crippen molar-refractivity contribution in [2.45, 2.75) is 52.5 Å². The zero-order chi connectivity index (χ0) is 15.5. The molecule has 1 unspecified atom stereocenters. The molecule has 1 atom stereocenters. The van der Waals surface area contributed by atoms with Crippen molar-refractivity contribution in [2.75, 3.05) is 13.3 Å². The van der Waals surface area contributed by atoms with Crippen molar-refractivity contribution in [3.63, 3.8) is 0 Å². The highest BCUT2D eigenvalue weighted by atomic mass is 16.7. The zero-order valence-electron chi connectivity index (χ0n) is 13.6. The largest absolute Gasteiger partial charge is 0.454 e. The predicted octanol–water partition coefficient (Wildman–Crippen LogP) is 3.52. The highest BCUT2D eigenvalue weighted by molar-refractivity contribution is 5.80. The van der Waals surface area contributed by atoms with Crippen LogP contribution >= 0.6 is 0 Å². The summed E-state index contributed by atoms with van der Waals surface area (Å²) in [6.07, 6.45) is 5.03. The summed E-state index contributed by atoms with van der Waals surface area (Å²) in [5, 5.41) is 0. The van der Waals surface area contributed by atoms with Gasteiger partial charge in [0, 0.05) is 19.0 Å². The lowest BCUT2D eigenvalue weighted by Gasteiger charge is -2.24. The molecular weight excluding hydrogens is 278 g/mol. The van der Waals surface area contributed by atoms with Gasteiger partial charge in [-0.15, -0.1) is 0 Å². The summed E-state index contributed by atoms with van der Waals surface area (Å²) in [5.74, 6) is 2.06. The third-order valence-electron chi connectivity index (χ3n) is 4.58. The van der Waals surface area contributed by atoms with E-state index in [-0.39, 0.29) is 5.92 Å². The maximum Gasteiger partial charge on any atom is 0.231 e. The van der Waals surface area contributed by atoms with Gasteiger partial charge in [0.1, 0.15) is 0 Å². The highest BCUT2D eigenvalue weighted by Gasteiger charge is 2.30. The molecule has 0 fully saturated rings. The number of ether oxygens (including phenoxy) is 2. The average Bonchev–Trinajstić information content (AvgIpc) is 2.92. The fourth-order valence-electron chi connectivity index (χ4n) is 3.39. The number of unbranched alkanes of at least 4 members (excludes halogenated alkanes) is 1. The molecular formula is C18H25NO3. The van der Waals surface area contributed by atoms with Gasteiger partial charge in [-0.2, -0.15) is 0 Å². The number of amides is 1. The first-order chi connectivity index (χ1) is 10.7. The van der Waals surface area contributed by atoms with Crippen LogP contribution in [0.1, 0.15) is 50.7 Å². The Labute approximate surface area is 132 Å². The van der Waals surface area contributed by atoms with Crippen molar-refractivity contribution < 1.29 is 14.3 Å². The van der Waals surface area contributed by atoms with Crippen LogP contribution in [0.3, 0.4) is 0 Å². The molecule has 22 heavy (non-hydrogen) atoms. The molecule has 0 bridgehead atoms. The monoisotopic (exact) mass is 303 g/mol. The first-order valence-corrected chi connectivity index (χ1v) is 8.43. The SMILES string of the molecule is CCCCC1Cc2cc3c(cc2CN(CCC)C1=O)OCO3. The fourth-order valence-corrected chi connectivity index (χ4v) is 3.39. The van der Waals surface area contributed by atoms with Gasteiger partial charge in [-0.25, -0.2) is 0 Å². The maximum atomic E-state index is 12.8. The van der Waals surface area contributed by atoms with Crippen molar-refractivity contribution in [2.24, 2.45) is 5.92 Å². The minimum atomic E-state index is 0.105. The average molecular weight is 303 g/mol. The normalized spacial score (nSPS) is 20.0. The summed E-state index contributed by atoms with van der Waals surface area (Å²) in [5.41, 5.74) is 2.46. The summed E-state index contributed by atoms with van der Waals surface area (Å²) >= 11 is 0. The second-order valence-electron chi connectivity index (χ2n) is 6.28. The van der Waals surface area contributed by atoms with Crippen LogP contribution in [-0.4, -0.2) is 24.1 Å². The fraction of sp³-hybridized carbons (Fsp3) is 0.611. The lowest BCUT2D eigenvalue weighted by atomic mass is 9.92. The van der Waals surface area contributed by atoms with Gasteiger partial charge in [0.05, 0.1) is 0 Å². The number of hydrogen-bond donors (Lipinski definition) is 0. The Morgan fingerprint density at radius 2 is 1.86 bits per heavy atom. The molecule has 4 nitrogen and oxygen atoms in total. The molecule has 120 valence electrons. The van der Waals surface area contributed by atoms with Gasteiger partial charge in [0.2, 0.25) is 12.7 Å². The van der Waals surface area contributed by atoms with Gasteiger partial charge in [0.15, 0.2) is 11.5 Å². The van der Waals surface area contributed by atoms with Gasteiger partial charge >= 0.3 is 0 Å². The van der Waals surface area contributed by atoms with Gasteiger partial charge in [-0.05, 0) is 42.5 Å². The highest BCUT2D eigenvalue weighted by Crippen LogP contribution is 2.38. The molecule has 0 aliphatic carbocycles. The quantitative estimate of drug-likeness (QED) is 0.835. The Morgan fingerprint density at radius 1 is 1.14 bits per heavy atom. The van der Waals surface area contributed by atoms with Crippen molar-refractivity contribution >= 4 is 5.91 Å². The van der Waals surface area contributed by atoms with Crippen molar-refractivity contribution in [1.82, 2.24) is 4.90 Å². The Kier molecular flexibility index (Phi) is 4.55. The zero-order valence-corrected chi connectivity index (χ0v) is 13.6. The van der Waals surface area contributed by atoms with Crippen molar-refractivity contribution in [3.8, 4) is 11.5 Å². The number of nitrogens with zero attached hydrogens (tertiary/aromatic N) is 1. The number of carbonyl (C=O) groups excluding carboxylic acids is 1. The minimum Gasteiger partial charge on any atom is -0.454 e. The van der Waals surface area contributed by atoms with Crippen LogP contribution in [0.4, 0.5) is 0 Å². The van der Waals surface area contributed by atoms with E-state index in [9.17, 15) is 4.79 Å². The third kappa shape index (κ3) is 2.92. The van der Waals surface area contributed by atoms with E-state index < -0.39 is 0 Å². The topological polar surface area (TPSA) is 38.8 Å². The van der Waals surface area contributed by atoms with Gasteiger partial charge in [-0.1, -0.05) is 26.7 Å².